The maximum absolute atomic E-state index is 14.3. The van der Waals surface area contributed by atoms with Crippen LogP contribution in [0.2, 0.25) is 0 Å². The van der Waals surface area contributed by atoms with E-state index >= 15 is 0 Å². The average molecular weight is 344 g/mol. The number of nitrogens with zero attached hydrogens (tertiary/aromatic N) is 2. The van der Waals surface area contributed by atoms with Crippen molar-refractivity contribution in [2.45, 2.75) is 46.0 Å². The summed E-state index contributed by atoms with van der Waals surface area (Å²) in [5, 5.41) is 9.43. The molecule has 2 aliphatic rings. The first kappa shape index (κ1) is 17.6. The van der Waals surface area contributed by atoms with Gasteiger partial charge in [0.2, 0.25) is 0 Å². The van der Waals surface area contributed by atoms with E-state index in [1.54, 1.807) is 6.07 Å². The van der Waals surface area contributed by atoms with Crippen LogP contribution in [0.3, 0.4) is 0 Å². The minimum Gasteiger partial charge on any atom is -0.508 e. The Morgan fingerprint density at radius 1 is 1.40 bits per heavy atom. The fourth-order valence-electron chi connectivity index (χ4n) is 3.70. The summed E-state index contributed by atoms with van der Waals surface area (Å²) in [5.41, 5.74) is 2.63. The molecule has 1 aromatic carbocycles. The van der Waals surface area contributed by atoms with Crippen molar-refractivity contribution in [3.8, 4) is 5.75 Å². The highest BCUT2D eigenvalue weighted by Crippen LogP contribution is 2.37. The molecule has 1 N–H and O–H groups in total. The summed E-state index contributed by atoms with van der Waals surface area (Å²) in [6.45, 7) is 5.51. The molecule has 5 heteroatoms. The number of carbonyl (C=O) groups excluding carboxylic acids is 1. The molecule has 0 aliphatic carbocycles. The van der Waals surface area contributed by atoms with Crippen molar-refractivity contribution in [1.29, 1.82) is 0 Å². The van der Waals surface area contributed by atoms with E-state index in [2.05, 4.69) is 11.9 Å². The molecule has 1 atom stereocenters. The average Bonchev–Trinajstić information content (AvgIpc) is 2.72. The Morgan fingerprint density at radius 3 is 2.92 bits per heavy atom. The number of halogens is 1. The summed E-state index contributed by atoms with van der Waals surface area (Å²) in [5.74, 6) is -0.445. The molecule has 0 spiro atoms. The molecule has 1 aromatic rings. The van der Waals surface area contributed by atoms with Gasteiger partial charge in [0.15, 0.2) is 0 Å². The number of hydrogen-bond acceptors (Lipinski definition) is 3. The highest BCUT2D eigenvalue weighted by atomic mass is 19.1. The van der Waals surface area contributed by atoms with Crippen LogP contribution in [0.1, 0.15) is 51.5 Å². The maximum Gasteiger partial charge on any atom is 0.268 e. The first-order valence-electron chi connectivity index (χ1n) is 9.07. The van der Waals surface area contributed by atoms with Gasteiger partial charge >= 0.3 is 0 Å². The third kappa shape index (κ3) is 3.60. The number of amides is 1. The zero-order valence-corrected chi connectivity index (χ0v) is 14.9. The van der Waals surface area contributed by atoms with Crippen LogP contribution in [-0.4, -0.2) is 34.7 Å². The van der Waals surface area contributed by atoms with E-state index in [0.29, 0.717) is 23.4 Å². The fraction of sp³-hybridized carbons (Fsp3) is 0.500. The Morgan fingerprint density at radius 2 is 2.20 bits per heavy atom. The molecular weight excluding hydrogens is 319 g/mol. The molecule has 0 aromatic heterocycles. The normalized spacial score (nSPS) is 21.1. The second-order valence-electron chi connectivity index (χ2n) is 6.91. The van der Waals surface area contributed by atoms with Gasteiger partial charge in [-0.1, -0.05) is 13.3 Å². The summed E-state index contributed by atoms with van der Waals surface area (Å²) in [6, 6.07) is 4.21. The molecule has 1 amide bonds. The van der Waals surface area contributed by atoms with E-state index in [9.17, 15) is 14.3 Å². The molecule has 0 radical (unpaired) electrons. The predicted octanol–water partition coefficient (Wildman–Crippen LogP) is 4.15. The molecular formula is C20H25FN2O2. The summed E-state index contributed by atoms with van der Waals surface area (Å²) in [7, 11) is 0. The van der Waals surface area contributed by atoms with Crippen molar-refractivity contribution in [2.24, 2.45) is 10.9 Å². The first-order chi connectivity index (χ1) is 12.0. The molecule has 0 bridgehead atoms. The van der Waals surface area contributed by atoms with Crippen LogP contribution >= 0.6 is 0 Å². The molecule has 134 valence electrons. The zero-order chi connectivity index (χ0) is 18.0. The van der Waals surface area contributed by atoms with Gasteiger partial charge in [-0.05, 0) is 50.3 Å². The smallest absolute Gasteiger partial charge is 0.268 e. The number of phenolic OH excluding ortho intramolecular Hbond substituents is 1. The number of phenols is 1. The lowest BCUT2D eigenvalue weighted by Crippen LogP contribution is -2.39. The number of aromatic hydroxyl groups is 1. The van der Waals surface area contributed by atoms with Gasteiger partial charge in [-0.15, -0.1) is 0 Å². The molecule has 2 aliphatic heterocycles. The Hall–Kier alpha value is -2.17. The molecule has 1 unspecified atom stereocenters. The van der Waals surface area contributed by atoms with E-state index in [1.165, 1.54) is 6.07 Å². The molecule has 1 saturated heterocycles. The van der Waals surface area contributed by atoms with Crippen molar-refractivity contribution >= 4 is 17.2 Å². The highest BCUT2D eigenvalue weighted by Gasteiger charge is 2.34. The van der Waals surface area contributed by atoms with E-state index in [1.807, 2.05) is 11.8 Å². The van der Waals surface area contributed by atoms with Crippen molar-refractivity contribution in [2.75, 3.05) is 13.1 Å². The summed E-state index contributed by atoms with van der Waals surface area (Å²) >= 11 is 0. The molecule has 4 nitrogen and oxygen atoms in total. The minimum absolute atomic E-state index is 0.0422. The molecule has 0 saturated carbocycles. The lowest BCUT2D eigenvalue weighted by molar-refractivity contribution is -0.124. The van der Waals surface area contributed by atoms with Crippen LogP contribution in [0.25, 0.3) is 5.57 Å². The van der Waals surface area contributed by atoms with Gasteiger partial charge in [-0.25, -0.2) is 4.39 Å². The van der Waals surface area contributed by atoms with Gasteiger partial charge in [-0.3, -0.25) is 9.79 Å². The zero-order valence-electron chi connectivity index (χ0n) is 14.9. The van der Waals surface area contributed by atoms with Crippen molar-refractivity contribution < 1.29 is 14.3 Å². The minimum atomic E-state index is -0.447. The van der Waals surface area contributed by atoms with Crippen LogP contribution in [0.4, 0.5) is 4.39 Å². The third-order valence-electron chi connectivity index (χ3n) is 5.11. The monoisotopic (exact) mass is 344 g/mol. The van der Waals surface area contributed by atoms with Crippen LogP contribution in [0.5, 0.6) is 5.75 Å². The summed E-state index contributed by atoms with van der Waals surface area (Å²) < 4.78 is 14.3. The van der Waals surface area contributed by atoms with Crippen molar-refractivity contribution in [1.82, 2.24) is 4.90 Å². The maximum atomic E-state index is 14.3. The van der Waals surface area contributed by atoms with Gasteiger partial charge in [-0.2, -0.15) is 0 Å². The lowest BCUT2D eigenvalue weighted by Gasteiger charge is -2.26. The Balaban J connectivity index is 1.93. The first-order valence-corrected chi connectivity index (χ1v) is 9.07. The van der Waals surface area contributed by atoms with Crippen molar-refractivity contribution in [3.63, 3.8) is 0 Å². The van der Waals surface area contributed by atoms with Gasteiger partial charge in [0, 0.05) is 36.3 Å². The number of rotatable bonds is 4. The number of benzene rings is 1. The number of fused-ring (bicyclic) bond motifs is 1. The van der Waals surface area contributed by atoms with Gasteiger partial charge in [0.05, 0.1) is 0 Å². The molecule has 1 fully saturated rings. The van der Waals surface area contributed by atoms with Crippen LogP contribution in [-0.2, 0) is 4.79 Å². The Kier molecular flexibility index (Phi) is 5.21. The topological polar surface area (TPSA) is 52.9 Å². The van der Waals surface area contributed by atoms with Crippen LogP contribution < -0.4 is 0 Å². The van der Waals surface area contributed by atoms with Gasteiger partial charge in [0.1, 0.15) is 17.3 Å². The number of allylic oxidation sites excluding steroid dienone is 2. The molecule has 2 heterocycles. The van der Waals surface area contributed by atoms with Crippen LogP contribution in [0.15, 0.2) is 28.9 Å². The van der Waals surface area contributed by atoms with E-state index in [4.69, 9.17) is 0 Å². The number of carbonyl (C=O) groups is 1. The Labute approximate surface area is 148 Å². The van der Waals surface area contributed by atoms with E-state index < -0.39 is 5.82 Å². The second-order valence-corrected chi connectivity index (χ2v) is 6.91. The molecule has 3 rings (SSSR count). The van der Waals surface area contributed by atoms with E-state index in [0.717, 1.165) is 50.4 Å². The number of aliphatic imine (C=N–C) groups is 1. The lowest BCUT2D eigenvalue weighted by atomic mass is 9.84. The third-order valence-corrected chi connectivity index (χ3v) is 5.11. The van der Waals surface area contributed by atoms with Gasteiger partial charge in [0.25, 0.3) is 5.91 Å². The predicted molar refractivity (Wildman–Crippen MR) is 96.9 cm³/mol. The quantitative estimate of drug-likeness (QED) is 0.892. The summed E-state index contributed by atoms with van der Waals surface area (Å²) in [6.07, 6.45) is 4.53. The van der Waals surface area contributed by atoms with E-state index in [-0.39, 0.29) is 17.6 Å². The fourth-order valence-corrected chi connectivity index (χ4v) is 3.70. The standard InChI is InChI=1S/C20H25FN2O2/c1-3-4-9-23-10-5-6-14-11-17(13(2)22-19(14)20(23)25)16-8-7-15(24)12-18(16)21/h7-8,12,14,24H,3-6,9-11H2,1-2H3. The Bertz CT molecular complexity index is 737. The number of likely N-dealkylation sites (tertiary alicyclic amines) is 1. The van der Waals surface area contributed by atoms with Gasteiger partial charge < -0.3 is 10.0 Å². The second kappa shape index (κ2) is 7.38. The SMILES string of the molecule is CCCCN1CCCC2CC(c3ccc(O)cc3F)=C(C)N=C2C1=O. The van der Waals surface area contributed by atoms with Crippen LogP contribution in [0, 0.1) is 11.7 Å². The number of hydrogen-bond donors (Lipinski definition) is 1. The number of unbranched alkanes of at least 4 members (excludes halogenated alkanes) is 1. The molecule has 25 heavy (non-hydrogen) atoms. The van der Waals surface area contributed by atoms with Crippen molar-refractivity contribution in [3.05, 3.63) is 35.3 Å². The highest BCUT2D eigenvalue weighted by molar-refractivity contribution is 6.40. The largest absolute Gasteiger partial charge is 0.508 e. The summed E-state index contributed by atoms with van der Waals surface area (Å²) in [4.78, 5) is 19.4.